The lowest BCUT2D eigenvalue weighted by Crippen LogP contribution is -2.41. The molecule has 1 saturated heterocycles. The normalized spacial score (nSPS) is 18.2. The van der Waals surface area contributed by atoms with Crippen molar-refractivity contribution in [2.45, 2.75) is 24.3 Å². The van der Waals surface area contributed by atoms with E-state index in [1.54, 1.807) is 12.3 Å². The molecule has 3 heterocycles. The number of tetrazole rings is 1. The minimum Gasteiger partial charge on any atom is -0.253 e. The summed E-state index contributed by atoms with van der Waals surface area (Å²) in [6.07, 6.45) is 3.28. The zero-order valence-corrected chi connectivity index (χ0v) is 15.8. The summed E-state index contributed by atoms with van der Waals surface area (Å²) in [6, 6.07) is 10.4. The SMILES string of the molecule is O=S(=O)(c1ccc(F)cc1)N1CCC[C@H](Cn2nnc(-c3ccccn3)n2)C1. The molecular weight excluding hydrogens is 383 g/mol. The van der Waals surface area contributed by atoms with Crippen LogP contribution in [-0.4, -0.2) is 51.0 Å². The first-order chi connectivity index (χ1) is 13.5. The molecule has 0 bridgehead atoms. The summed E-state index contributed by atoms with van der Waals surface area (Å²) in [5.74, 6) is 0.0402. The Morgan fingerprint density at radius 3 is 2.71 bits per heavy atom. The van der Waals surface area contributed by atoms with Gasteiger partial charge in [-0.05, 0) is 60.4 Å². The Hall–Kier alpha value is -2.72. The van der Waals surface area contributed by atoms with E-state index in [0.717, 1.165) is 25.0 Å². The highest BCUT2D eigenvalue weighted by Gasteiger charge is 2.30. The number of nitrogens with zero attached hydrogens (tertiary/aromatic N) is 6. The van der Waals surface area contributed by atoms with Gasteiger partial charge in [-0.2, -0.15) is 9.10 Å². The molecule has 0 unspecified atom stereocenters. The lowest BCUT2D eigenvalue weighted by Gasteiger charge is -2.31. The highest BCUT2D eigenvalue weighted by atomic mass is 32.2. The molecular formula is C18H19FN6O2S. The predicted octanol–water partition coefficient (Wildman–Crippen LogP) is 1.98. The summed E-state index contributed by atoms with van der Waals surface area (Å²) in [5.41, 5.74) is 0.637. The smallest absolute Gasteiger partial charge is 0.243 e. The van der Waals surface area contributed by atoms with Crippen molar-refractivity contribution in [1.82, 2.24) is 29.5 Å². The Bertz CT molecular complexity index is 1040. The van der Waals surface area contributed by atoms with Gasteiger partial charge in [-0.15, -0.1) is 10.2 Å². The number of benzene rings is 1. The molecule has 1 aliphatic heterocycles. The second-order valence-electron chi connectivity index (χ2n) is 6.71. The van der Waals surface area contributed by atoms with Crippen molar-refractivity contribution in [3.63, 3.8) is 0 Å². The van der Waals surface area contributed by atoms with Gasteiger partial charge in [-0.3, -0.25) is 4.98 Å². The minimum atomic E-state index is -3.65. The molecule has 1 aromatic carbocycles. The molecule has 0 saturated carbocycles. The number of sulfonamides is 1. The van der Waals surface area contributed by atoms with Crippen molar-refractivity contribution in [1.29, 1.82) is 0 Å². The maximum Gasteiger partial charge on any atom is 0.243 e. The Kier molecular flexibility index (Phi) is 5.14. The standard InChI is InChI=1S/C18H19FN6O2S/c19-15-6-8-16(9-7-15)28(26,27)24-11-3-4-14(12-24)13-25-22-18(21-23-25)17-5-1-2-10-20-17/h1-2,5-10,14H,3-4,11-13H2/t14-/m0/s1. The number of piperidine rings is 1. The van der Waals surface area contributed by atoms with Crippen LogP contribution in [0.5, 0.6) is 0 Å². The highest BCUT2D eigenvalue weighted by molar-refractivity contribution is 7.89. The van der Waals surface area contributed by atoms with Crippen molar-refractivity contribution in [3.05, 3.63) is 54.5 Å². The molecule has 1 atom stereocenters. The van der Waals surface area contributed by atoms with Gasteiger partial charge in [-0.1, -0.05) is 6.07 Å². The van der Waals surface area contributed by atoms with Crippen molar-refractivity contribution in [2.24, 2.45) is 5.92 Å². The topological polar surface area (TPSA) is 93.9 Å². The van der Waals surface area contributed by atoms with Crippen LogP contribution < -0.4 is 0 Å². The lowest BCUT2D eigenvalue weighted by atomic mass is 10.00. The van der Waals surface area contributed by atoms with Crippen LogP contribution in [0.2, 0.25) is 0 Å². The molecule has 146 valence electrons. The molecule has 3 aromatic rings. The van der Waals surface area contributed by atoms with E-state index < -0.39 is 15.8 Å². The average Bonchev–Trinajstić information content (AvgIpc) is 3.18. The van der Waals surface area contributed by atoms with Crippen LogP contribution >= 0.6 is 0 Å². The molecule has 8 nitrogen and oxygen atoms in total. The van der Waals surface area contributed by atoms with Gasteiger partial charge in [0.05, 0.1) is 11.4 Å². The van der Waals surface area contributed by atoms with E-state index in [9.17, 15) is 12.8 Å². The quantitative estimate of drug-likeness (QED) is 0.648. The fourth-order valence-corrected chi connectivity index (χ4v) is 4.85. The largest absolute Gasteiger partial charge is 0.253 e. The summed E-state index contributed by atoms with van der Waals surface area (Å²) in [7, 11) is -3.65. The Morgan fingerprint density at radius 1 is 1.14 bits per heavy atom. The van der Waals surface area contributed by atoms with Gasteiger partial charge in [0.1, 0.15) is 11.5 Å². The second-order valence-corrected chi connectivity index (χ2v) is 8.65. The van der Waals surface area contributed by atoms with E-state index >= 15 is 0 Å². The third-order valence-corrected chi connectivity index (χ3v) is 6.58. The van der Waals surface area contributed by atoms with Gasteiger partial charge in [0.15, 0.2) is 0 Å². The first kappa shape index (κ1) is 18.6. The van der Waals surface area contributed by atoms with Crippen LogP contribution in [0.25, 0.3) is 11.5 Å². The molecule has 1 aliphatic rings. The van der Waals surface area contributed by atoms with Gasteiger partial charge < -0.3 is 0 Å². The fourth-order valence-electron chi connectivity index (χ4n) is 3.30. The monoisotopic (exact) mass is 402 g/mol. The number of aromatic nitrogens is 5. The molecule has 0 amide bonds. The zero-order chi connectivity index (χ0) is 19.6. The first-order valence-electron chi connectivity index (χ1n) is 8.97. The van der Waals surface area contributed by atoms with Crippen molar-refractivity contribution >= 4 is 10.0 Å². The number of halogens is 1. The second kappa shape index (κ2) is 7.72. The van der Waals surface area contributed by atoms with E-state index in [1.165, 1.54) is 21.2 Å². The summed E-state index contributed by atoms with van der Waals surface area (Å²) in [5, 5.41) is 12.4. The number of hydrogen-bond donors (Lipinski definition) is 0. The van der Waals surface area contributed by atoms with Crippen molar-refractivity contribution in [3.8, 4) is 11.5 Å². The van der Waals surface area contributed by atoms with Gasteiger partial charge in [-0.25, -0.2) is 12.8 Å². The third-order valence-electron chi connectivity index (χ3n) is 4.70. The summed E-state index contributed by atoms with van der Waals surface area (Å²) in [4.78, 5) is 5.79. The van der Waals surface area contributed by atoms with E-state index in [-0.39, 0.29) is 10.8 Å². The van der Waals surface area contributed by atoms with E-state index in [2.05, 4.69) is 20.4 Å². The molecule has 0 N–H and O–H groups in total. The zero-order valence-electron chi connectivity index (χ0n) is 15.0. The summed E-state index contributed by atoms with van der Waals surface area (Å²) < 4.78 is 40.2. The van der Waals surface area contributed by atoms with E-state index in [0.29, 0.717) is 31.2 Å². The highest BCUT2D eigenvalue weighted by Crippen LogP contribution is 2.24. The van der Waals surface area contributed by atoms with Crippen LogP contribution in [0, 0.1) is 11.7 Å². The minimum absolute atomic E-state index is 0.0646. The number of pyridine rings is 1. The van der Waals surface area contributed by atoms with Crippen LogP contribution in [0.1, 0.15) is 12.8 Å². The maximum atomic E-state index is 13.1. The summed E-state index contributed by atoms with van der Waals surface area (Å²) in [6.45, 7) is 1.27. The molecule has 0 spiro atoms. The Balaban J connectivity index is 1.46. The molecule has 0 radical (unpaired) electrons. The summed E-state index contributed by atoms with van der Waals surface area (Å²) >= 11 is 0. The lowest BCUT2D eigenvalue weighted by molar-refractivity contribution is 0.231. The number of rotatable bonds is 5. The first-order valence-corrected chi connectivity index (χ1v) is 10.4. The average molecular weight is 402 g/mol. The Labute approximate surface area is 162 Å². The predicted molar refractivity (Wildman–Crippen MR) is 98.9 cm³/mol. The Morgan fingerprint density at radius 2 is 1.96 bits per heavy atom. The van der Waals surface area contributed by atoms with Gasteiger partial charge in [0, 0.05) is 19.3 Å². The molecule has 0 aliphatic carbocycles. The molecule has 1 fully saturated rings. The molecule has 28 heavy (non-hydrogen) atoms. The van der Waals surface area contributed by atoms with Gasteiger partial charge in [0.2, 0.25) is 15.8 Å². The molecule has 4 rings (SSSR count). The van der Waals surface area contributed by atoms with Crippen LogP contribution in [-0.2, 0) is 16.6 Å². The van der Waals surface area contributed by atoms with Crippen LogP contribution in [0.4, 0.5) is 4.39 Å². The van der Waals surface area contributed by atoms with E-state index in [4.69, 9.17) is 0 Å². The maximum absolute atomic E-state index is 13.1. The van der Waals surface area contributed by atoms with Gasteiger partial charge in [0.25, 0.3) is 0 Å². The van der Waals surface area contributed by atoms with Crippen molar-refractivity contribution in [2.75, 3.05) is 13.1 Å². The third kappa shape index (κ3) is 3.92. The van der Waals surface area contributed by atoms with Crippen LogP contribution in [0.3, 0.4) is 0 Å². The molecule has 2 aromatic heterocycles. The van der Waals surface area contributed by atoms with Crippen molar-refractivity contribution < 1.29 is 12.8 Å². The van der Waals surface area contributed by atoms with Gasteiger partial charge >= 0.3 is 0 Å². The molecule has 10 heteroatoms. The fraction of sp³-hybridized carbons (Fsp3) is 0.333. The van der Waals surface area contributed by atoms with E-state index in [1.807, 2.05) is 12.1 Å². The van der Waals surface area contributed by atoms with Crippen LogP contribution in [0.15, 0.2) is 53.6 Å². The number of hydrogen-bond acceptors (Lipinski definition) is 6.